The molecule has 0 bridgehead atoms. The molecule has 9 rings (SSSR count). The van der Waals surface area contributed by atoms with Crippen LogP contribution >= 0.6 is 0 Å². The molecular weight excluding hydrogens is 603 g/mol. The van der Waals surface area contributed by atoms with Crippen molar-refractivity contribution in [2.45, 2.75) is 19.3 Å². The number of rotatable bonds is 6. The van der Waals surface area contributed by atoms with Crippen LogP contribution in [0, 0.1) is 0 Å². The van der Waals surface area contributed by atoms with Crippen LogP contribution in [0.25, 0.3) is 55.3 Å². The minimum absolute atomic E-state index is 0.208. The largest absolute Gasteiger partial charge is 0.310 e. The Kier molecular flexibility index (Phi) is 7.21. The van der Waals surface area contributed by atoms with Gasteiger partial charge in [0.1, 0.15) is 0 Å². The fourth-order valence-electron chi connectivity index (χ4n) is 7.92. The maximum Gasteiger partial charge on any atom is 0.0546 e. The highest BCUT2D eigenvalue weighted by Gasteiger charge is 2.36. The van der Waals surface area contributed by atoms with Crippen LogP contribution in [0.2, 0.25) is 0 Å². The molecule has 0 fully saturated rings. The van der Waals surface area contributed by atoms with Crippen LogP contribution < -0.4 is 4.90 Å². The lowest BCUT2D eigenvalue weighted by Gasteiger charge is -2.38. The molecule has 0 heterocycles. The molecule has 0 unspecified atom stereocenters. The van der Waals surface area contributed by atoms with Gasteiger partial charge in [0.05, 0.1) is 5.69 Å². The molecule has 0 amide bonds. The average Bonchev–Trinajstić information content (AvgIpc) is 3.18. The second kappa shape index (κ2) is 12.1. The van der Waals surface area contributed by atoms with Gasteiger partial charge in [0.15, 0.2) is 0 Å². The Morgan fingerprint density at radius 1 is 0.380 bits per heavy atom. The molecule has 238 valence electrons. The molecule has 8 aromatic carbocycles. The Hall–Kier alpha value is -6.18. The molecule has 0 aromatic heterocycles. The summed E-state index contributed by atoms with van der Waals surface area (Å²) in [7, 11) is 0. The van der Waals surface area contributed by atoms with Gasteiger partial charge in [-0.3, -0.25) is 0 Å². The minimum Gasteiger partial charge on any atom is -0.310 e. The smallest absolute Gasteiger partial charge is 0.0546 e. The van der Waals surface area contributed by atoms with Gasteiger partial charge in [-0.05, 0) is 115 Å². The number of hydrogen-bond acceptors (Lipinski definition) is 1. The third kappa shape index (κ3) is 5.02. The molecule has 0 spiro atoms. The van der Waals surface area contributed by atoms with E-state index in [9.17, 15) is 0 Å². The van der Waals surface area contributed by atoms with E-state index < -0.39 is 0 Å². The molecule has 0 saturated heterocycles. The highest BCUT2D eigenvalue weighted by atomic mass is 15.1. The van der Waals surface area contributed by atoms with E-state index in [1.807, 2.05) is 0 Å². The lowest BCUT2D eigenvalue weighted by atomic mass is 9.67. The van der Waals surface area contributed by atoms with E-state index >= 15 is 0 Å². The van der Waals surface area contributed by atoms with Crippen molar-refractivity contribution in [2.75, 3.05) is 4.90 Å². The van der Waals surface area contributed by atoms with Crippen molar-refractivity contribution < 1.29 is 0 Å². The summed E-state index contributed by atoms with van der Waals surface area (Å²) in [5.74, 6) is 0. The van der Waals surface area contributed by atoms with Gasteiger partial charge in [0.25, 0.3) is 0 Å². The average molecular weight is 640 g/mol. The fourth-order valence-corrected chi connectivity index (χ4v) is 7.92. The number of hydrogen-bond donors (Lipinski definition) is 0. The van der Waals surface area contributed by atoms with E-state index in [1.54, 1.807) is 0 Å². The molecule has 0 N–H and O–H groups in total. The van der Waals surface area contributed by atoms with Crippen LogP contribution in [-0.2, 0) is 5.41 Å². The highest BCUT2D eigenvalue weighted by molar-refractivity contribution is 6.10. The molecule has 0 saturated carbocycles. The molecule has 1 heteroatoms. The van der Waals surface area contributed by atoms with Gasteiger partial charge < -0.3 is 4.90 Å². The van der Waals surface area contributed by atoms with E-state index in [-0.39, 0.29) is 5.41 Å². The van der Waals surface area contributed by atoms with E-state index in [4.69, 9.17) is 0 Å². The second-order valence-electron chi connectivity index (χ2n) is 13.8. The highest BCUT2D eigenvalue weighted by Crippen LogP contribution is 2.54. The van der Waals surface area contributed by atoms with E-state index in [2.05, 4.69) is 207 Å². The van der Waals surface area contributed by atoms with Crippen LogP contribution in [0.1, 0.15) is 25.0 Å². The van der Waals surface area contributed by atoms with Crippen molar-refractivity contribution in [3.05, 3.63) is 199 Å². The Labute approximate surface area is 294 Å². The Morgan fingerprint density at radius 2 is 0.900 bits per heavy atom. The molecular formula is C49H37N. The van der Waals surface area contributed by atoms with E-state index in [0.717, 1.165) is 11.4 Å². The summed E-state index contributed by atoms with van der Waals surface area (Å²) >= 11 is 0. The molecule has 1 aliphatic rings. The third-order valence-corrected chi connectivity index (χ3v) is 10.4. The molecule has 8 aromatic rings. The summed E-state index contributed by atoms with van der Waals surface area (Å²) in [5.41, 5.74) is 15.9. The summed E-state index contributed by atoms with van der Waals surface area (Å²) in [6, 6.07) is 68.6. The number of para-hydroxylation sites is 2. The van der Waals surface area contributed by atoms with Crippen LogP contribution in [0.5, 0.6) is 0 Å². The lowest BCUT2D eigenvalue weighted by Crippen LogP contribution is -2.24. The standard InChI is InChI=1S/C49H37N/c1-49(2)44-25-15-20-36-27-29-46(50(41-21-11-5-12-22-41)42-23-13-6-14-24-42)48(47(36)44)43-28-26-37(33-45(43)49)40-31-38(34-16-7-3-8-17-34)30-39(32-40)35-18-9-4-10-19-35/h3-33H,1-2H3. The van der Waals surface area contributed by atoms with Crippen molar-refractivity contribution >= 4 is 27.8 Å². The van der Waals surface area contributed by atoms with Gasteiger partial charge in [-0.2, -0.15) is 0 Å². The topological polar surface area (TPSA) is 3.24 Å². The van der Waals surface area contributed by atoms with Crippen molar-refractivity contribution in [3.8, 4) is 44.5 Å². The van der Waals surface area contributed by atoms with Crippen molar-refractivity contribution in [1.82, 2.24) is 0 Å². The second-order valence-corrected chi connectivity index (χ2v) is 13.8. The van der Waals surface area contributed by atoms with Gasteiger partial charge in [0.2, 0.25) is 0 Å². The molecule has 50 heavy (non-hydrogen) atoms. The first-order valence-corrected chi connectivity index (χ1v) is 17.4. The first kappa shape index (κ1) is 29.9. The summed E-state index contributed by atoms with van der Waals surface area (Å²) in [6.45, 7) is 4.78. The van der Waals surface area contributed by atoms with Crippen LogP contribution in [0.3, 0.4) is 0 Å². The number of benzene rings is 8. The zero-order chi connectivity index (χ0) is 33.7. The van der Waals surface area contributed by atoms with E-state index in [0.29, 0.717) is 0 Å². The monoisotopic (exact) mass is 639 g/mol. The predicted molar refractivity (Wildman–Crippen MR) is 213 cm³/mol. The first-order chi connectivity index (χ1) is 24.6. The molecule has 0 radical (unpaired) electrons. The minimum atomic E-state index is -0.208. The quantitative estimate of drug-likeness (QED) is 0.175. The molecule has 1 nitrogen and oxygen atoms in total. The van der Waals surface area contributed by atoms with Crippen molar-refractivity contribution in [1.29, 1.82) is 0 Å². The number of fused-ring (bicyclic) bond motifs is 2. The zero-order valence-electron chi connectivity index (χ0n) is 28.3. The zero-order valence-corrected chi connectivity index (χ0v) is 28.3. The normalized spacial score (nSPS) is 12.8. The van der Waals surface area contributed by atoms with E-state index in [1.165, 1.54) is 72.1 Å². The number of anilines is 3. The summed E-state index contributed by atoms with van der Waals surface area (Å²) in [5, 5.41) is 2.61. The van der Waals surface area contributed by atoms with Gasteiger partial charge in [0, 0.05) is 22.4 Å². The van der Waals surface area contributed by atoms with Gasteiger partial charge >= 0.3 is 0 Å². The molecule has 1 aliphatic carbocycles. The Bertz CT molecular complexity index is 2380. The number of nitrogens with zero attached hydrogens (tertiary/aromatic N) is 1. The summed E-state index contributed by atoms with van der Waals surface area (Å²) in [4.78, 5) is 2.41. The first-order valence-electron chi connectivity index (χ1n) is 17.4. The van der Waals surface area contributed by atoms with Gasteiger partial charge in [-0.1, -0.05) is 147 Å². The SMILES string of the molecule is CC1(C)c2cc(-c3cc(-c4ccccc4)cc(-c4ccccc4)c3)ccc2-c2c(N(c3ccccc3)c3ccccc3)ccc3cccc1c23. The van der Waals surface area contributed by atoms with Crippen molar-refractivity contribution in [2.24, 2.45) is 0 Å². The Morgan fingerprint density at radius 3 is 1.46 bits per heavy atom. The third-order valence-electron chi connectivity index (χ3n) is 10.4. The van der Waals surface area contributed by atoms with Gasteiger partial charge in [-0.15, -0.1) is 0 Å². The fraction of sp³-hybridized carbons (Fsp3) is 0.0612. The van der Waals surface area contributed by atoms with Crippen LogP contribution in [-0.4, -0.2) is 0 Å². The van der Waals surface area contributed by atoms with Crippen molar-refractivity contribution in [3.63, 3.8) is 0 Å². The summed E-state index contributed by atoms with van der Waals surface area (Å²) in [6.07, 6.45) is 0. The lowest BCUT2D eigenvalue weighted by molar-refractivity contribution is 0.645. The predicted octanol–water partition coefficient (Wildman–Crippen LogP) is 13.6. The summed E-state index contributed by atoms with van der Waals surface area (Å²) < 4.78 is 0. The van der Waals surface area contributed by atoms with Crippen LogP contribution in [0.15, 0.2) is 188 Å². The van der Waals surface area contributed by atoms with Crippen LogP contribution in [0.4, 0.5) is 17.1 Å². The molecule has 0 atom stereocenters. The maximum absolute atomic E-state index is 2.46. The maximum atomic E-state index is 2.46. The Balaban J connectivity index is 1.29. The molecule has 0 aliphatic heterocycles. The van der Waals surface area contributed by atoms with Gasteiger partial charge in [-0.25, -0.2) is 0 Å².